The van der Waals surface area contributed by atoms with Crippen LogP contribution in [-0.4, -0.2) is 23.1 Å². The van der Waals surface area contributed by atoms with Crippen molar-refractivity contribution in [3.8, 4) is 0 Å². The Hall–Kier alpha value is -1.16. The molecule has 1 aliphatic rings. The molecule has 1 aliphatic heterocycles. The number of β-amino-alcohol motifs (C(OH)–C–C–N with tert-alkyl or cyclic N) is 1. The maximum Gasteiger partial charge on any atom is 0.0994 e. The molecule has 3 heteroatoms. The summed E-state index contributed by atoms with van der Waals surface area (Å²) < 4.78 is 0. The van der Waals surface area contributed by atoms with Crippen LogP contribution in [0, 0.1) is 0 Å². The van der Waals surface area contributed by atoms with Crippen LogP contribution in [0.3, 0.4) is 0 Å². The zero-order chi connectivity index (χ0) is 13.3. The Balaban J connectivity index is 1.72. The smallest absolute Gasteiger partial charge is 0.0994 e. The van der Waals surface area contributed by atoms with Gasteiger partial charge < -0.3 is 5.11 Å². The van der Waals surface area contributed by atoms with E-state index in [0.717, 1.165) is 25.1 Å². The van der Waals surface area contributed by atoms with Crippen LogP contribution in [0.2, 0.25) is 0 Å². The van der Waals surface area contributed by atoms with Crippen molar-refractivity contribution in [1.82, 2.24) is 4.90 Å². The Morgan fingerprint density at radius 2 is 2.05 bits per heavy atom. The summed E-state index contributed by atoms with van der Waals surface area (Å²) in [6, 6.07) is 12.2. The second kappa shape index (κ2) is 5.08. The molecule has 2 heterocycles. The van der Waals surface area contributed by atoms with E-state index in [4.69, 9.17) is 0 Å². The van der Waals surface area contributed by atoms with Gasteiger partial charge in [0.1, 0.15) is 0 Å². The lowest BCUT2D eigenvalue weighted by molar-refractivity contribution is 0.0119. The van der Waals surface area contributed by atoms with Crippen LogP contribution in [0.4, 0.5) is 0 Å². The standard InChI is InChI=1S/C16H19NOS/c1-16(18,14-5-3-2-4-6-14)12-17-9-7-15-13(11-17)8-10-19-15/h2-6,8,10,18H,7,9,11-12H2,1H3. The lowest BCUT2D eigenvalue weighted by Gasteiger charge is -2.34. The highest BCUT2D eigenvalue weighted by atomic mass is 32.1. The van der Waals surface area contributed by atoms with E-state index in [1.54, 1.807) is 0 Å². The first-order valence-electron chi connectivity index (χ1n) is 6.71. The van der Waals surface area contributed by atoms with E-state index in [-0.39, 0.29) is 0 Å². The fourth-order valence-electron chi connectivity index (χ4n) is 2.77. The molecule has 2 aromatic rings. The fourth-order valence-corrected chi connectivity index (χ4v) is 3.66. The molecule has 0 radical (unpaired) electrons. The maximum atomic E-state index is 10.7. The summed E-state index contributed by atoms with van der Waals surface area (Å²) in [5.74, 6) is 0. The normalized spacial score (nSPS) is 18.8. The quantitative estimate of drug-likeness (QED) is 0.929. The third-order valence-corrected chi connectivity index (χ3v) is 4.84. The number of benzene rings is 1. The minimum Gasteiger partial charge on any atom is -0.384 e. The summed E-state index contributed by atoms with van der Waals surface area (Å²) in [4.78, 5) is 3.86. The molecule has 0 aliphatic carbocycles. The zero-order valence-corrected chi connectivity index (χ0v) is 12.0. The molecule has 3 rings (SSSR count). The van der Waals surface area contributed by atoms with Crippen LogP contribution in [0.25, 0.3) is 0 Å². The summed E-state index contributed by atoms with van der Waals surface area (Å²) in [6.45, 7) is 4.59. The topological polar surface area (TPSA) is 23.5 Å². The Kier molecular flexibility index (Phi) is 3.44. The summed E-state index contributed by atoms with van der Waals surface area (Å²) in [5, 5.41) is 12.9. The van der Waals surface area contributed by atoms with Gasteiger partial charge in [-0.2, -0.15) is 0 Å². The molecule has 0 saturated heterocycles. The summed E-state index contributed by atoms with van der Waals surface area (Å²) in [6.07, 6.45) is 1.11. The van der Waals surface area contributed by atoms with E-state index < -0.39 is 5.60 Å². The molecule has 0 fully saturated rings. The van der Waals surface area contributed by atoms with Gasteiger partial charge in [-0.25, -0.2) is 0 Å². The number of rotatable bonds is 3. The van der Waals surface area contributed by atoms with Crippen molar-refractivity contribution in [2.75, 3.05) is 13.1 Å². The van der Waals surface area contributed by atoms with E-state index in [0.29, 0.717) is 6.54 Å². The van der Waals surface area contributed by atoms with Crippen molar-refractivity contribution in [2.24, 2.45) is 0 Å². The van der Waals surface area contributed by atoms with Crippen LogP contribution < -0.4 is 0 Å². The van der Waals surface area contributed by atoms with Crippen LogP contribution >= 0.6 is 11.3 Å². The second-order valence-electron chi connectivity index (χ2n) is 5.47. The van der Waals surface area contributed by atoms with Gasteiger partial charge in [-0.3, -0.25) is 4.90 Å². The van der Waals surface area contributed by atoms with Gasteiger partial charge in [-0.1, -0.05) is 30.3 Å². The SMILES string of the molecule is CC(O)(CN1CCc2sccc2C1)c1ccccc1. The number of fused-ring (bicyclic) bond motifs is 1. The van der Waals surface area contributed by atoms with E-state index in [9.17, 15) is 5.11 Å². The van der Waals surface area contributed by atoms with Gasteiger partial charge in [0.15, 0.2) is 0 Å². The van der Waals surface area contributed by atoms with Crippen LogP contribution in [0.15, 0.2) is 41.8 Å². The first kappa shape index (κ1) is 12.9. The molecule has 0 bridgehead atoms. The molecule has 0 spiro atoms. The Morgan fingerprint density at radius 1 is 1.26 bits per heavy atom. The molecule has 0 amide bonds. The first-order chi connectivity index (χ1) is 9.15. The zero-order valence-electron chi connectivity index (χ0n) is 11.2. The predicted octanol–water partition coefficient (Wildman–Crippen LogP) is 3.01. The minimum absolute atomic E-state index is 0.687. The molecule has 1 N–H and O–H groups in total. The highest BCUT2D eigenvalue weighted by Crippen LogP contribution is 2.27. The molecule has 2 nitrogen and oxygen atoms in total. The molecule has 1 aromatic carbocycles. The third kappa shape index (κ3) is 2.73. The minimum atomic E-state index is -0.783. The average molecular weight is 273 g/mol. The van der Waals surface area contributed by atoms with Crippen molar-refractivity contribution in [3.63, 3.8) is 0 Å². The van der Waals surface area contributed by atoms with Crippen molar-refractivity contribution < 1.29 is 5.11 Å². The summed E-state index contributed by atoms with van der Waals surface area (Å²) in [5.41, 5.74) is 1.64. The van der Waals surface area contributed by atoms with Gasteiger partial charge >= 0.3 is 0 Å². The fraction of sp³-hybridized carbons (Fsp3) is 0.375. The van der Waals surface area contributed by atoms with Gasteiger partial charge in [0.25, 0.3) is 0 Å². The van der Waals surface area contributed by atoms with Crippen LogP contribution in [-0.2, 0) is 18.6 Å². The highest BCUT2D eigenvalue weighted by molar-refractivity contribution is 7.10. The predicted molar refractivity (Wildman–Crippen MR) is 79.3 cm³/mol. The van der Waals surface area contributed by atoms with Crippen molar-refractivity contribution in [2.45, 2.75) is 25.5 Å². The molecular weight excluding hydrogens is 254 g/mol. The van der Waals surface area contributed by atoms with Gasteiger partial charge in [-0.05, 0) is 35.9 Å². The number of hydrogen-bond acceptors (Lipinski definition) is 3. The lowest BCUT2D eigenvalue weighted by atomic mass is 9.94. The Bertz CT molecular complexity index is 547. The lowest BCUT2D eigenvalue weighted by Crippen LogP contribution is -2.41. The summed E-state index contributed by atoms with van der Waals surface area (Å²) in [7, 11) is 0. The largest absolute Gasteiger partial charge is 0.384 e. The number of aliphatic hydroxyl groups is 1. The van der Waals surface area contributed by atoms with Gasteiger partial charge in [-0.15, -0.1) is 11.3 Å². The molecule has 1 aromatic heterocycles. The van der Waals surface area contributed by atoms with E-state index in [1.165, 1.54) is 10.4 Å². The molecular formula is C16H19NOS. The van der Waals surface area contributed by atoms with Crippen molar-refractivity contribution >= 4 is 11.3 Å². The van der Waals surface area contributed by atoms with Crippen LogP contribution in [0.5, 0.6) is 0 Å². The molecule has 100 valence electrons. The molecule has 0 saturated carbocycles. The monoisotopic (exact) mass is 273 g/mol. The van der Waals surface area contributed by atoms with Crippen molar-refractivity contribution in [3.05, 3.63) is 57.8 Å². The Labute approximate surface area is 118 Å². The number of hydrogen-bond donors (Lipinski definition) is 1. The summed E-state index contributed by atoms with van der Waals surface area (Å²) >= 11 is 1.85. The Morgan fingerprint density at radius 3 is 2.84 bits per heavy atom. The maximum absolute atomic E-state index is 10.7. The number of thiophene rings is 1. The van der Waals surface area contributed by atoms with Gasteiger partial charge in [0.05, 0.1) is 5.60 Å². The third-order valence-electron chi connectivity index (χ3n) is 3.81. The second-order valence-corrected chi connectivity index (χ2v) is 6.47. The molecule has 1 unspecified atom stereocenters. The molecule has 19 heavy (non-hydrogen) atoms. The van der Waals surface area contributed by atoms with Crippen LogP contribution in [0.1, 0.15) is 22.9 Å². The van der Waals surface area contributed by atoms with Crippen molar-refractivity contribution in [1.29, 1.82) is 0 Å². The van der Waals surface area contributed by atoms with Gasteiger partial charge in [0, 0.05) is 24.5 Å². The van der Waals surface area contributed by atoms with E-state index >= 15 is 0 Å². The molecule has 1 atom stereocenters. The highest BCUT2D eigenvalue weighted by Gasteiger charge is 2.28. The number of nitrogens with zero attached hydrogens (tertiary/aromatic N) is 1. The van der Waals surface area contributed by atoms with Gasteiger partial charge in [0.2, 0.25) is 0 Å². The van der Waals surface area contributed by atoms with E-state index in [2.05, 4.69) is 16.3 Å². The first-order valence-corrected chi connectivity index (χ1v) is 7.59. The average Bonchev–Trinajstić information content (AvgIpc) is 2.87. The van der Waals surface area contributed by atoms with E-state index in [1.807, 2.05) is 48.6 Å².